The van der Waals surface area contributed by atoms with Gasteiger partial charge in [0.2, 0.25) is 0 Å². The minimum Gasteiger partial charge on any atom is 0 e. The summed E-state index contributed by atoms with van der Waals surface area (Å²) in [5, 5.41) is 0. The van der Waals surface area contributed by atoms with Crippen LogP contribution < -0.4 is 0 Å². The average molecular weight is 390 g/mol. The van der Waals surface area contributed by atoms with E-state index in [1.807, 2.05) is 0 Å². The number of hydrogen-bond donors (Lipinski definition) is 0. The molecule has 0 rings (SSSR count). The molecule has 0 fully saturated rings. The van der Waals surface area contributed by atoms with Crippen molar-refractivity contribution in [3.8, 4) is 0 Å². The molecule has 0 aromatic heterocycles. The normalized spacial score (nSPS) is 2.00. The molecule has 0 radical (unpaired) electrons. The molecule has 0 aliphatic carbocycles. The van der Waals surface area contributed by atoms with E-state index in [-0.39, 0.29) is 40.5 Å². The summed E-state index contributed by atoms with van der Waals surface area (Å²) in [6.07, 6.45) is 0. The van der Waals surface area contributed by atoms with Crippen LogP contribution in [0.4, 0.5) is 0 Å². The molecular formula is COPtRuZn. The van der Waals surface area contributed by atoms with Crippen molar-refractivity contribution < 1.29 is 63.2 Å². The summed E-state index contributed by atoms with van der Waals surface area (Å²) in [5.41, 5.74) is 0. The topological polar surface area (TPSA) is 17.1 Å². The molecule has 0 bridgehead atoms. The molecule has 4 heteroatoms. The van der Waals surface area contributed by atoms with E-state index < -0.39 is 0 Å². The van der Waals surface area contributed by atoms with Gasteiger partial charge in [-0.2, -0.15) is 0 Å². The molecule has 1 nitrogen and oxygen atoms in total. The number of rotatable bonds is 0. The zero-order valence-electron chi connectivity index (χ0n) is 2.29. The van der Waals surface area contributed by atoms with Gasteiger partial charge in [-0.15, -0.1) is 0 Å². The van der Waals surface area contributed by atoms with Crippen molar-refractivity contribution in [3.63, 3.8) is 0 Å². The zero-order valence-corrected chi connectivity index (χ0v) is 9.26. The summed E-state index contributed by atoms with van der Waals surface area (Å²) >= 11 is 0.639. The van der Waals surface area contributed by atoms with Crippen molar-refractivity contribution in [2.75, 3.05) is 0 Å². The van der Waals surface area contributed by atoms with Crippen LogP contribution >= 0.6 is 0 Å². The largest absolute Gasteiger partial charge is 0 e. The predicted octanol–water partition coefficient (Wildman–Crippen LogP) is -0.405. The second-order valence-electron chi connectivity index (χ2n) is 0.144. The minimum atomic E-state index is 0. The summed E-state index contributed by atoms with van der Waals surface area (Å²) in [5.74, 6) is 0. The van der Waals surface area contributed by atoms with Crippen molar-refractivity contribution in [2.45, 2.75) is 0 Å². The molecule has 0 saturated carbocycles. The van der Waals surface area contributed by atoms with Gasteiger partial charge in [0.15, 0.2) is 0 Å². The quantitative estimate of drug-likeness (QED) is 0.515. The van der Waals surface area contributed by atoms with E-state index in [0.717, 1.165) is 0 Å². The van der Waals surface area contributed by atoms with E-state index in [1.165, 1.54) is 0 Å². The molecule has 0 unspecified atom stereocenters. The van der Waals surface area contributed by atoms with E-state index in [0.29, 0.717) is 17.9 Å². The summed E-state index contributed by atoms with van der Waals surface area (Å²) in [6.45, 7) is 0. The molecule has 0 spiro atoms. The first-order valence-corrected chi connectivity index (χ1v) is 2.04. The Hall–Kier alpha value is 1.52. The average Bonchev–Trinajstić information content (AvgIpc) is 0.918. The number of carbonyl (C=O) groups excluding carboxylic acids is 1. The van der Waals surface area contributed by atoms with Crippen LogP contribution in [0, 0.1) is 0 Å². The minimum absolute atomic E-state index is 0. The first kappa shape index (κ1) is 16.0. The van der Waals surface area contributed by atoms with Crippen molar-refractivity contribution >= 4 is 4.47 Å². The van der Waals surface area contributed by atoms with Crippen molar-refractivity contribution in [1.29, 1.82) is 0 Å². The molecule has 0 heterocycles. The molecule has 0 N–H and O–H groups in total. The predicted molar refractivity (Wildman–Crippen MR) is 5.69 cm³/mol. The van der Waals surface area contributed by atoms with E-state index in [4.69, 9.17) is 4.79 Å². The molecule has 5 heavy (non-hydrogen) atoms. The molecule has 0 atom stereocenters. The Kier molecular flexibility index (Phi) is 57.0. The van der Waals surface area contributed by atoms with E-state index in [1.54, 1.807) is 4.47 Å². The molecule has 0 aliphatic heterocycles. The van der Waals surface area contributed by atoms with Gasteiger partial charge in [0.05, 0.1) is 0 Å². The van der Waals surface area contributed by atoms with Gasteiger partial charge in [0.1, 0.15) is 0 Å². The van der Waals surface area contributed by atoms with E-state index in [9.17, 15) is 0 Å². The van der Waals surface area contributed by atoms with Crippen LogP contribution in [0.3, 0.4) is 0 Å². The Balaban J connectivity index is -0.0000000200. The molecule has 0 amide bonds. The van der Waals surface area contributed by atoms with Gasteiger partial charge in [0.25, 0.3) is 0 Å². The second-order valence-corrected chi connectivity index (χ2v) is 0.750. The Morgan fingerprint density at radius 3 is 1.60 bits per heavy atom. The van der Waals surface area contributed by atoms with Crippen molar-refractivity contribution in [2.24, 2.45) is 0 Å². The smallest absolute Gasteiger partial charge is 0 e. The first-order valence-electron chi connectivity index (χ1n) is 0.558. The van der Waals surface area contributed by atoms with Gasteiger partial charge in [-0.3, -0.25) is 0 Å². The van der Waals surface area contributed by atoms with Crippen molar-refractivity contribution in [3.05, 3.63) is 0 Å². The Bertz CT molecular complexity index is 32.6. The van der Waals surface area contributed by atoms with Crippen LogP contribution in [0.5, 0.6) is 0 Å². The summed E-state index contributed by atoms with van der Waals surface area (Å²) < 4.78 is 1.62. The van der Waals surface area contributed by atoms with Crippen LogP contribution in [0.15, 0.2) is 0 Å². The number of hydrogen-bond acceptors (Lipinski definition) is 1. The van der Waals surface area contributed by atoms with Crippen LogP contribution in [-0.4, -0.2) is 4.47 Å². The molecular weight excluding hydrogens is 390 g/mol. The maximum absolute atomic E-state index is 8.74. The van der Waals surface area contributed by atoms with Gasteiger partial charge in [-0.1, -0.05) is 0 Å². The van der Waals surface area contributed by atoms with Gasteiger partial charge in [0, 0.05) is 40.5 Å². The Labute approximate surface area is 67.1 Å². The van der Waals surface area contributed by atoms with Gasteiger partial charge < -0.3 is 0 Å². The second kappa shape index (κ2) is 17.8. The maximum atomic E-state index is 8.74. The zero-order chi connectivity index (χ0) is 2.71. The van der Waals surface area contributed by atoms with E-state index >= 15 is 0 Å². The summed E-state index contributed by atoms with van der Waals surface area (Å²) in [4.78, 5) is 8.74. The van der Waals surface area contributed by atoms with Crippen LogP contribution in [0.1, 0.15) is 0 Å². The Morgan fingerprint density at radius 2 is 1.60 bits per heavy atom. The van der Waals surface area contributed by atoms with Gasteiger partial charge >= 0.3 is 27.1 Å². The standard InChI is InChI=1S/CO.Pt.Ru.Zn/c1-2;;;. The fraction of sp³-hybridized carbons (Fsp3) is 0. The third kappa shape index (κ3) is 29.7. The van der Waals surface area contributed by atoms with Crippen molar-refractivity contribution in [1.82, 2.24) is 0 Å². The van der Waals surface area contributed by atoms with Crippen LogP contribution in [-0.2, 0) is 63.2 Å². The Morgan fingerprint density at radius 1 is 1.60 bits per heavy atom. The van der Waals surface area contributed by atoms with E-state index in [2.05, 4.69) is 0 Å². The van der Waals surface area contributed by atoms with Gasteiger partial charge in [-0.25, -0.2) is 0 Å². The summed E-state index contributed by atoms with van der Waals surface area (Å²) in [6, 6.07) is 0. The monoisotopic (exact) mass is 389 g/mol. The maximum Gasteiger partial charge on any atom is 0 e. The SMILES string of the molecule is O=[C]=[Zn].[Pt].[Ru]. The molecule has 30 valence electrons. The third-order valence-electron chi connectivity index (χ3n) is 0. The fourth-order valence-corrected chi connectivity index (χ4v) is 0. The molecule has 0 aliphatic rings. The van der Waals surface area contributed by atoms with Crippen LogP contribution in [0.25, 0.3) is 0 Å². The molecule has 0 saturated heterocycles. The summed E-state index contributed by atoms with van der Waals surface area (Å²) in [7, 11) is 0. The third-order valence-corrected chi connectivity index (χ3v) is 0. The molecule has 0 aromatic carbocycles. The van der Waals surface area contributed by atoms with Crippen LogP contribution in [0.2, 0.25) is 0 Å². The van der Waals surface area contributed by atoms with Gasteiger partial charge in [-0.05, 0) is 0 Å². The molecule has 0 aromatic rings. The first-order chi connectivity index (χ1) is 1.41. The fourth-order valence-electron chi connectivity index (χ4n) is 0.